The maximum Gasteiger partial charge on any atom is 0.369 e. The van der Waals surface area contributed by atoms with E-state index in [4.69, 9.17) is 9.47 Å². The molecule has 0 aliphatic carbocycles. The lowest BCUT2D eigenvalue weighted by Crippen LogP contribution is -2.41. The Morgan fingerprint density at radius 1 is 1.13 bits per heavy atom. The Bertz CT molecular complexity index is 1070. The first kappa shape index (κ1) is 20.1. The molecule has 0 saturated carbocycles. The number of carbonyl (C=O) groups excluding carboxylic acids is 1. The van der Waals surface area contributed by atoms with Gasteiger partial charge in [0, 0.05) is 13.1 Å². The molecule has 0 N–H and O–H groups in total. The molecule has 1 aromatic carbocycles. The van der Waals surface area contributed by atoms with Crippen molar-refractivity contribution in [2.45, 2.75) is 25.3 Å². The lowest BCUT2D eigenvalue weighted by atomic mass is 10.0. The van der Waals surface area contributed by atoms with Crippen LogP contribution in [0.2, 0.25) is 0 Å². The molecule has 0 radical (unpaired) electrons. The van der Waals surface area contributed by atoms with Crippen LogP contribution in [0.1, 0.15) is 24.4 Å². The van der Waals surface area contributed by atoms with E-state index in [1.807, 2.05) is 34.5 Å². The standard InChI is InChI=1S/C20H23N5O4S/c1-28-16-6-5-14(12-17(16)29-2)13-18(26)23-9-7-15(8-10-23)24-20(27)25(22-21-24)19-4-3-11-30-19/h3-6,11-12,15H,7-10,13H2,1-2H3. The van der Waals surface area contributed by atoms with Crippen molar-refractivity contribution in [3.05, 3.63) is 51.8 Å². The van der Waals surface area contributed by atoms with Crippen LogP contribution in [0.5, 0.6) is 11.5 Å². The highest BCUT2D eigenvalue weighted by atomic mass is 32.1. The summed E-state index contributed by atoms with van der Waals surface area (Å²) in [6.45, 7) is 1.16. The van der Waals surface area contributed by atoms with Gasteiger partial charge in [-0.15, -0.1) is 11.3 Å². The van der Waals surface area contributed by atoms with E-state index in [2.05, 4.69) is 10.4 Å². The molecule has 0 unspecified atom stereocenters. The SMILES string of the molecule is COc1ccc(CC(=O)N2CCC(n3nnn(-c4cccs4)c3=O)CC2)cc1OC. The van der Waals surface area contributed by atoms with Gasteiger partial charge in [-0.05, 0) is 58.5 Å². The molecule has 1 amide bonds. The van der Waals surface area contributed by atoms with Gasteiger partial charge in [0.25, 0.3) is 0 Å². The highest BCUT2D eigenvalue weighted by Crippen LogP contribution is 2.28. The normalized spacial score (nSPS) is 14.7. The molecule has 1 fully saturated rings. The highest BCUT2D eigenvalue weighted by molar-refractivity contribution is 7.12. The van der Waals surface area contributed by atoms with Gasteiger partial charge in [0.05, 0.1) is 26.7 Å². The third-order valence-electron chi connectivity index (χ3n) is 5.28. The van der Waals surface area contributed by atoms with Gasteiger partial charge in [-0.3, -0.25) is 4.79 Å². The molecule has 0 spiro atoms. The predicted molar refractivity (Wildman–Crippen MR) is 112 cm³/mol. The Morgan fingerprint density at radius 3 is 2.57 bits per heavy atom. The molecule has 0 bridgehead atoms. The van der Waals surface area contributed by atoms with E-state index in [9.17, 15) is 9.59 Å². The maximum atomic E-state index is 12.7. The van der Waals surface area contributed by atoms with E-state index < -0.39 is 0 Å². The number of hydrogen-bond acceptors (Lipinski definition) is 7. The summed E-state index contributed by atoms with van der Waals surface area (Å²) >= 11 is 1.44. The first-order chi connectivity index (χ1) is 14.6. The smallest absolute Gasteiger partial charge is 0.369 e. The van der Waals surface area contributed by atoms with Crippen LogP contribution in [0.3, 0.4) is 0 Å². The number of likely N-dealkylation sites (tertiary alicyclic amines) is 1. The number of nitrogens with zero attached hydrogens (tertiary/aromatic N) is 5. The van der Waals surface area contributed by atoms with Crippen LogP contribution < -0.4 is 15.2 Å². The second-order valence-corrected chi connectivity index (χ2v) is 7.97. The fraction of sp³-hybridized carbons (Fsp3) is 0.400. The van der Waals surface area contributed by atoms with Gasteiger partial charge in [0.2, 0.25) is 5.91 Å². The van der Waals surface area contributed by atoms with Crippen molar-refractivity contribution >= 4 is 17.2 Å². The molecule has 2 aromatic heterocycles. The summed E-state index contributed by atoms with van der Waals surface area (Å²) in [5.41, 5.74) is 0.627. The summed E-state index contributed by atoms with van der Waals surface area (Å²) in [6.07, 6.45) is 1.63. The topological polar surface area (TPSA) is 91.5 Å². The number of carbonyl (C=O) groups is 1. The summed E-state index contributed by atoms with van der Waals surface area (Å²) < 4.78 is 13.3. The van der Waals surface area contributed by atoms with Crippen molar-refractivity contribution in [1.29, 1.82) is 0 Å². The number of tetrazole rings is 1. The maximum absolute atomic E-state index is 12.7. The second-order valence-electron chi connectivity index (χ2n) is 7.05. The number of hydrogen-bond donors (Lipinski definition) is 0. The van der Waals surface area contributed by atoms with E-state index in [1.54, 1.807) is 20.3 Å². The van der Waals surface area contributed by atoms with Crippen molar-refractivity contribution in [3.8, 4) is 16.5 Å². The number of amides is 1. The van der Waals surface area contributed by atoms with Crippen LogP contribution in [0.25, 0.3) is 5.00 Å². The van der Waals surface area contributed by atoms with Gasteiger partial charge in [-0.25, -0.2) is 4.79 Å². The molecule has 1 aliphatic heterocycles. The lowest BCUT2D eigenvalue weighted by molar-refractivity contribution is -0.131. The fourth-order valence-corrected chi connectivity index (χ4v) is 4.32. The third kappa shape index (κ3) is 3.95. The average molecular weight is 430 g/mol. The molecule has 9 nitrogen and oxygen atoms in total. The van der Waals surface area contributed by atoms with Crippen LogP contribution >= 0.6 is 11.3 Å². The minimum atomic E-state index is -0.243. The Labute approximate surface area is 177 Å². The van der Waals surface area contributed by atoms with Crippen molar-refractivity contribution in [2.24, 2.45) is 0 Å². The molecule has 30 heavy (non-hydrogen) atoms. The molecule has 158 valence electrons. The zero-order valence-electron chi connectivity index (χ0n) is 16.9. The third-order valence-corrected chi connectivity index (χ3v) is 6.13. The molecule has 0 atom stereocenters. The van der Waals surface area contributed by atoms with Crippen LogP contribution in [0.4, 0.5) is 0 Å². The van der Waals surface area contributed by atoms with Crippen LogP contribution in [-0.2, 0) is 11.2 Å². The Hall–Kier alpha value is -3.14. The Kier molecular flexibility index (Phi) is 5.84. The van der Waals surface area contributed by atoms with Gasteiger partial charge in [0.1, 0.15) is 5.00 Å². The monoisotopic (exact) mass is 429 g/mol. The zero-order chi connectivity index (χ0) is 21.1. The van der Waals surface area contributed by atoms with Gasteiger partial charge in [-0.1, -0.05) is 6.07 Å². The number of rotatable bonds is 6. The highest BCUT2D eigenvalue weighted by Gasteiger charge is 2.27. The van der Waals surface area contributed by atoms with Gasteiger partial charge >= 0.3 is 5.69 Å². The largest absolute Gasteiger partial charge is 0.493 e. The molecular weight excluding hydrogens is 406 g/mol. The van der Waals surface area contributed by atoms with Crippen molar-refractivity contribution in [2.75, 3.05) is 27.3 Å². The van der Waals surface area contributed by atoms with Gasteiger partial charge in [-0.2, -0.15) is 9.36 Å². The lowest BCUT2D eigenvalue weighted by Gasteiger charge is -2.31. The fourth-order valence-electron chi connectivity index (χ4n) is 3.65. The van der Waals surface area contributed by atoms with E-state index in [1.165, 1.54) is 20.7 Å². The van der Waals surface area contributed by atoms with E-state index >= 15 is 0 Å². The number of aromatic nitrogens is 4. The van der Waals surface area contributed by atoms with E-state index in [0.717, 1.165) is 10.6 Å². The predicted octanol–water partition coefficient (Wildman–Crippen LogP) is 1.91. The number of benzene rings is 1. The Balaban J connectivity index is 1.38. The van der Waals surface area contributed by atoms with Crippen molar-refractivity contribution in [3.63, 3.8) is 0 Å². The quantitative estimate of drug-likeness (QED) is 0.595. The molecule has 1 aliphatic rings. The van der Waals surface area contributed by atoms with Crippen LogP contribution in [-0.4, -0.2) is 57.9 Å². The van der Waals surface area contributed by atoms with Crippen LogP contribution in [0, 0.1) is 0 Å². The minimum Gasteiger partial charge on any atom is -0.493 e. The first-order valence-corrected chi connectivity index (χ1v) is 10.6. The summed E-state index contributed by atoms with van der Waals surface area (Å²) in [6, 6.07) is 9.14. The first-order valence-electron chi connectivity index (χ1n) is 9.67. The van der Waals surface area contributed by atoms with Gasteiger partial charge < -0.3 is 14.4 Å². The second kappa shape index (κ2) is 8.70. The Morgan fingerprint density at radius 2 is 1.90 bits per heavy atom. The molecule has 3 aromatic rings. The van der Waals surface area contributed by atoms with E-state index in [-0.39, 0.29) is 17.6 Å². The van der Waals surface area contributed by atoms with Crippen molar-refractivity contribution in [1.82, 2.24) is 24.7 Å². The number of piperidine rings is 1. The van der Waals surface area contributed by atoms with Crippen molar-refractivity contribution < 1.29 is 14.3 Å². The summed E-state index contributed by atoms with van der Waals surface area (Å²) in [7, 11) is 3.15. The molecule has 4 rings (SSSR count). The minimum absolute atomic E-state index is 0.0512. The molecular formula is C20H23N5O4S. The molecule has 1 saturated heterocycles. The number of thiophene rings is 1. The van der Waals surface area contributed by atoms with Crippen LogP contribution in [0.15, 0.2) is 40.5 Å². The average Bonchev–Trinajstić information content (AvgIpc) is 3.43. The van der Waals surface area contributed by atoms with E-state index in [0.29, 0.717) is 43.9 Å². The number of ether oxygens (including phenoxy) is 2. The summed E-state index contributed by atoms with van der Waals surface area (Å²) in [5, 5.41) is 10.7. The van der Waals surface area contributed by atoms with Gasteiger partial charge in [0.15, 0.2) is 11.5 Å². The summed E-state index contributed by atoms with van der Waals surface area (Å²) in [5.74, 6) is 1.29. The zero-order valence-corrected chi connectivity index (χ0v) is 17.7. The number of methoxy groups -OCH3 is 2. The summed E-state index contributed by atoms with van der Waals surface area (Å²) in [4.78, 5) is 27.2. The molecule has 3 heterocycles. The molecule has 10 heteroatoms.